The monoisotopic (exact) mass is 403 g/mol. The molecule has 5 nitrogen and oxygen atoms in total. The SMILES string of the molecule is CN1CCC[C@@H](Cn2c(CN(C)[C@H]3CCCc4cccnc43)nc3ccccc32)C1. The van der Waals surface area contributed by atoms with Crippen LogP contribution in [0, 0.1) is 5.92 Å². The summed E-state index contributed by atoms with van der Waals surface area (Å²) < 4.78 is 2.50. The van der Waals surface area contributed by atoms with Gasteiger partial charge in [0.2, 0.25) is 0 Å². The number of fused-ring (bicyclic) bond motifs is 2. The fourth-order valence-corrected chi connectivity index (χ4v) is 5.48. The lowest BCUT2D eigenvalue weighted by Crippen LogP contribution is -2.35. The number of benzene rings is 1. The van der Waals surface area contributed by atoms with Gasteiger partial charge in [-0.2, -0.15) is 0 Å². The minimum absolute atomic E-state index is 0.379. The molecule has 1 saturated heterocycles. The van der Waals surface area contributed by atoms with Crippen LogP contribution >= 0.6 is 0 Å². The number of para-hydroxylation sites is 2. The quantitative estimate of drug-likeness (QED) is 0.637. The van der Waals surface area contributed by atoms with Gasteiger partial charge in [-0.15, -0.1) is 0 Å². The maximum absolute atomic E-state index is 5.08. The lowest BCUT2D eigenvalue weighted by molar-refractivity contribution is 0.184. The average molecular weight is 404 g/mol. The van der Waals surface area contributed by atoms with Crippen molar-refractivity contribution in [2.24, 2.45) is 5.92 Å². The second-order valence-electron chi connectivity index (χ2n) is 9.27. The average Bonchev–Trinajstić information content (AvgIpc) is 3.10. The van der Waals surface area contributed by atoms with Crippen LogP contribution in [0.2, 0.25) is 0 Å². The van der Waals surface area contributed by atoms with Crippen LogP contribution in [0.25, 0.3) is 11.0 Å². The highest BCUT2D eigenvalue weighted by molar-refractivity contribution is 5.75. The molecule has 0 radical (unpaired) electrons. The summed E-state index contributed by atoms with van der Waals surface area (Å²) >= 11 is 0. The Morgan fingerprint density at radius 1 is 1.10 bits per heavy atom. The molecule has 30 heavy (non-hydrogen) atoms. The number of hydrogen-bond donors (Lipinski definition) is 0. The maximum atomic E-state index is 5.08. The fourth-order valence-electron chi connectivity index (χ4n) is 5.48. The van der Waals surface area contributed by atoms with Gasteiger partial charge in [-0.3, -0.25) is 9.88 Å². The zero-order valence-corrected chi connectivity index (χ0v) is 18.3. The molecule has 3 heterocycles. The van der Waals surface area contributed by atoms with Crippen molar-refractivity contribution in [3.8, 4) is 0 Å². The number of aromatic nitrogens is 3. The van der Waals surface area contributed by atoms with Crippen molar-refractivity contribution in [1.82, 2.24) is 24.3 Å². The van der Waals surface area contributed by atoms with E-state index < -0.39 is 0 Å². The summed E-state index contributed by atoms with van der Waals surface area (Å²) in [5, 5.41) is 0. The van der Waals surface area contributed by atoms with Gasteiger partial charge in [-0.05, 0) is 82.4 Å². The summed E-state index contributed by atoms with van der Waals surface area (Å²) in [5.74, 6) is 1.89. The first-order valence-corrected chi connectivity index (χ1v) is 11.5. The smallest absolute Gasteiger partial charge is 0.124 e. The molecular formula is C25H33N5. The van der Waals surface area contributed by atoms with E-state index in [9.17, 15) is 0 Å². The van der Waals surface area contributed by atoms with Gasteiger partial charge in [0.1, 0.15) is 5.82 Å². The second kappa shape index (κ2) is 8.48. The van der Waals surface area contributed by atoms with Crippen LogP contribution in [-0.2, 0) is 19.5 Å². The number of rotatable bonds is 5. The maximum Gasteiger partial charge on any atom is 0.124 e. The third-order valence-corrected chi connectivity index (χ3v) is 6.98. The highest BCUT2D eigenvalue weighted by Gasteiger charge is 2.27. The van der Waals surface area contributed by atoms with Crippen molar-refractivity contribution < 1.29 is 0 Å². The molecule has 5 rings (SSSR count). The standard InChI is InChI=1S/C25H33N5/c1-28-15-7-8-19(16-28)17-30-22-12-4-3-11-21(22)27-24(30)18-29(2)23-13-5-9-20-10-6-14-26-25(20)23/h3-4,6,10-12,14,19,23H,5,7-9,13,15-18H2,1-2H3/t19-,23+/m1/s1. The molecule has 0 spiro atoms. The van der Waals surface area contributed by atoms with Gasteiger partial charge in [0.15, 0.2) is 0 Å². The lowest BCUT2D eigenvalue weighted by Gasteiger charge is -2.33. The van der Waals surface area contributed by atoms with E-state index in [1.54, 1.807) is 0 Å². The minimum Gasteiger partial charge on any atom is -0.327 e. The van der Waals surface area contributed by atoms with Gasteiger partial charge in [0.05, 0.1) is 29.3 Å². The van der Waals surface area contributed by atoms with Gasteiger partial charge in [-0.1, -0.05) is 18.2 Å². The van der Waals surface area contributed by atoms with Crippen LogP contribution in [0.15, 0.2) is 42.6 Å². The number of pyridine rings is 1. The molecule has 1 aliphatic heterocycles. The van der Waals surface area contributed by atoms with Crippen LogP contribution < -0.4 is 0 Å². The van der Waals surface area contributed by atoms with Crippen molar-refractivity contribution in [1.29, 1.82) is 0 Å². The third kappa shape index (κ3) is 3.88. The Hall–Kier alpha value is -2.24. The summed E-state index contributed by atoms with van der Waals surface area (Å²) in [6.07, 6.45) is 8.12. The zero-order chi connectivity index (χ0) is 20.5. The molecule has 0 bridgehead atoms. The highest BCUT2D eigenvalue weighted by atomic mass is 15.2. The second-order valence-corrected chi connectivity index (χ2v) is 9.27. The molecule has 1 fully saturated rings. The summed E-state index contributed by atoms with van der Waals surface area (Å²) in [4.78, 5) is 14.8. The fraction of sp³-hybridized carbons (Fsp3) is 0.520. The van der Waals surface area contributed by atoms with Gasteiger partial charge in [0.25, 0.3) is 0 Å². The largest absolute Gasteiger partial charge is 0.327 e. The predicted octanol–water partition coefficient (Wildman–Crippen LogP) is 4.28. The minimum atomic E-state index is 0.379. The molecule has 5 heteroatoms. The zero-order valence-electron chi connectivity index (χ0n) is 18.3. The van der Waals surface area contributed by atoms with Crippen molar-refractivity contribution >= 4 is 11.0 Å². The highest BCUT2D eigenvalue weighted by Crippen LogP contribution is 2.33. The van der Waals surface area contributed by atoms with E-state index in [1.807, 2.05) is 6.20 Å². The summed E-state index contributed by atoms with van der Waals surface area (Å²) in [6, 6.07) is 13.3. The first-order valence-electron chi connectivity index (χ1n) is 11.5. The molecule has 0 N–H and O–H groups in total. The lowest BCUT2D eigenvalue weighted by atomic mass is 9.91. The Kier molecular flexibility index (Phi) is 5.57. The summed E-state index contributed by atoms with van der Waals surface area (Å²) in [6.45, 7) is 4.33. The van der Waals surface area contributed by atoms with Crippen molar-refractivity contribution in [3.05, 3.63) is 59.7 Å². The number of aryl methyl sites for hydroxylation is 1. The first-order chi connectivity index (χ1) is 14.7. The number of likely N-dealkylation sites (tertiary alicyclic amines) is 1. The molecule has 2 aromatic heterocycles. The van der Waals surface area contributed by atoms with Crippen molar-refractivity contribution in [2.75, 3.05) is 27.2 Å². The van der Waals surface area contributed by atoms with Crippen LogP contribution in [-0.4, -0.2) is 51.5 Å². The van der Waals surface area contributed by atoms with Crippen molar-refractivity contribution in [3.63, 3.8) is 0 Å². The van der Waals surface area contributed by atoms with Crippen LogP contribution in [0.1, 0.15) is 48.8 Å². The molecule has 1 aromatic carbocycles. The molecule has 2 atom stereocenters. The number of nitrogens with zero attached hydrogens (tertiary/aromatic N) is 5. The van der Waals surface area contributed by atoms with E-state index in [2.05, 4.69) is 64.9 Å². The Balaban J connectivity index is 1.43. The van der Waals surface area contributed by atoms with Crippen LogP contribution in [0.4, 0.5) is 0 Å². The van der Waals surface area contributed by atoms with E-state index >= 15 is 0 Å². The van der Waals surface area contributed by atoms with Gasteiger partial charge < -0.3 is 9.47 Å². The molecule has 0 saturated carbocycles. The summed E-state index contributed by atoms with van der Waals surface area (Å²) in [7, 11) is 4.49. The summed E-state index contributed by atoms with van der Waals surface area (Å²) in [5.41, 5.74) is 5.07. The molecular weight excluding hydrogens is 370 g/mol. The van der Waals surface area contributed by atoms with E-state index in [0.717, 1.165) is 25.0 Å². The molecule has 0 amide bonds. The van der Waals surface area contributed by atoms with Gasteiger partial charge in [-0.25, -0.2) is 4.98 Å². The van der Waals surface area contributed by atoms with Gasteiger partial charge >= 0.3 is 0 Å². The Bertz CT molecular complexity index is 1010. The Morgan fingerprint density at radius 2 is 2.00 bits per heavy atom. The van der Waals surface area contributed by atoms with Crippen molar-refractivity contribution in [2.45, 2.75) is 51.2 Å². The molecule has 0 unspecified atom stereocenters. The van der Waals surface area contributed by atoms with E-state index in [-0.39, 0.29) is 0 Å². The Labute approximate surface area is 179 Å². The van der Waals surface area contributed by atoms with Gasteiger partial charge in [0, 0.05) is 19.3 Å². The molecule has 158 valence electrons. The normalized spacial score (nSPS) is 22.5. The van der Waals surface area contributed by atoms with E-state index in [1.165, 1.54) is 61.4 Å². The van der Waals surface area contributed by atoms with Crippen LogP contribution in [0.3, 0.4) is 0 Å². The van der Waals surface area contributed by atoms with E-state index in [0.29, 0.717) is 12.0 Å². The predicted molar refractivity (Wildman–Crippen MR) is 121 cm³/mol. The molecule has 2 aliphatic rings. The molecule has 1 aliphatic carbocycles. The number of imidazole rings is 1. The first kappa shape index (κ1) is 19.7. The topological polar surface area (TPSA) is 37.2 Å². The molecule has 3 aromatic rings. The van der Waals surface area contributed by atoms with E-state index in [4.69, 9.17) is 9.97 Å². The number of hydrogen-bond acceptors (Lipinski definition) is 4. The Morgan fingerprint density at radius 3 is 2.90 bits per heavy atom. The number of piperidine rings is 1. The third-order valence-electron chi connectivity index (χ3n) is 6.98. The van der Waals surface area contributed by atoms with Crippen LogP contribution in [0.5, 0.6) is 0 Å².